The fourth-order valence-electron chi connectivity index (χ4n) is 4.92. The van der Waals surface area contributed by atoms with Crippen molar-refractivity contribution in [3.63, 3.8) is 0 Å². The van der Waals surface area contributed by atoms with Gasteiger partial charge in [-0.3, -0.25) is 4.79 Å². The van der Waals surface area contributed by atoms with Crippen molar-refractivity contribution < 1.29 is 9.18 Å². The highest BCUT2D eigenvalue weighted by Gasteiger charge is 2.25. The highest BCUT2D eigenvalue weighted by atomic mass is 35.5. The lowest BCUT2D eigenvalue weighted by molar-refractivity contribution is 0.0903. The predicted octanol–water partition coefficient (Wildman–Crippen LogP) is 5.22. The van der Waals surface area contributed by atoms with Gasteiger partial charge in [0.1, 0.15) is 5.82 Å². The normalized spacial score (nSPS) is 18.6. The van der Waals surface area contributed by atoms with Gasteiger partial charge >= 0.3 is 0 Å². The molecule has 32 heavy (non-hydrogen) atoms. The van der Waals surface area contributed by atoms with Crippen LogP contribution in [0.5, 0.6) is 0 Å². The molecule has 0 radical (unpaired) electrons. The van der Waals surface area contributed by atoms with E-state index in [2.05, 4.69) is 15.1 Å². The van der Waals surface area contributed by atoms with Crippen LogP contribution in [0.1, 0.15) is 48.9 Å². The lowest BCUT2D eigenvalue weighted by Gasteiger charge is -2.40. The molecule has 0 atom stereocenters. The number of likely N-dealkylation sites (tertiary alicyclic amines) is 2. The third-order valence-electron chi connectivity index (χ3n) is 6.79. The molecule has 2 heterocycles. The van der Waals surface area contributed by atoms with E-state index in [-0.39, 0.29) is 11.7 Å². The van der Waals surface area contributed by atoms with Gasteiger partial charge in [-0.1, -0.05) is 30.2 Å². The molecule has 6 heteroatoms. The van der Waals surface area contributed by atoms with Crippen molar-refractivity contribution in [2.75, 3.05) is 39.3 Å². The van der Waals surface area contributed by atoms with Gasteiger partial charge in [-0.15, -0.1) is 0 Å². The smallest absolute Gasteiger partial charge is 0.251 e. The Balaban J connectivity index is 1.17. The summed E-state index contributed by atoms with van der Waals surface area (Å²) in [5, 5.41) is 3.39. The van der Waals surface area contributed by atoms with Crippen molar-refractivity contribution >= 4 is 17.5 Å². The number of carbonyl (C=O) groups excluding carboxylic acids is 1. The molecule has 0 aromatic heterocycles. The van der Waals surface area contributed by atoms with E-state index in [0.29, 0.717) is 17.1 Å². The molecule has 2 aliphatic rings. The minimum Gasteiger partial charge on any atom is -0.352 e. The van der Waals surface area contributed by atoms with Crippen LogP contribution in [-0.2, 0) is 0 Å². The maximum Gasteiger partial charge on any atom is 0.251 e. The van der Waals surface area contributed by atoms with Crippen LogP contribution in [0.4, 0.5) is 4.39 Å². The summed E-state index contributed by atoms with van der Waals surface area (Å²) in [5.74, 6) is -0.424. The molecule has 2 aliphatic heterocycles. The van der Waals surface area contributed by atoms with Crippen LogP contribution in [0, 0.1) is 5.82 Å². The summed E-state index contributed by atoms with van der Waals surface area (Å²) in [4.78, 5) is 17.7. The number of rotatable bonds is 7. The molecular weight excluding hydrogens is 425 g/mol. The van der Waals surface area contributed by atoms with Gasteiger partial charge in [0.25, 0.3) is 5.91 Å². The van der Waals surface area contributed by atoms with Crippen molar-refractivity contribution in [2.24, 2.45) is 0 Å². The Labute approximate surface area is 195 Å². The van der Waals surface area contributed by atoms with E-state index in [1.54, 1.807) is 18.2 Å². The number of benzene rings is 2. The number of nitrogens with one attached hydrogen (secondary N) is 1. The molecule has 0 unspecified atom stereocenters. The van der Waals surface area contributed by atoms with Crippen molar-refractivity contribution in [3.8, 4) is 11.1 Å². The molecule has 0 saturated carbocycles. The molecule has 1 N–H and O–H groups in total. The number of halogens is 2. The van der Waals surface area contributed by atoms with E-state index in [9.17, 15) is 9.18 Å². The Hall–Kier alpha value is -1.95. The summed E-state index contributed by atoms with van der Waals surface area (Å²) in [6.45, 7) is 6.62. The van der Waals surface area contributed by atoms with E-state index in [1.807, 2.05) is 12.1 Å². The lowest BCUT2D eigenvalue weighted by Crippen LogP contribution is -2.47. The maximum absolute atomic E-state index is 13.3. The first-order chi connectivity index (χ1) is 15.6. The fraction of sp³-hybridized carbons (Fsp3) is 0.500. The summed E-state index contributed by atoms with van der Waals surface area (Å²) < 4.78 is 13.3. The van der Waals surface area contributed by atoms with Gasteiger partial charge in [0.15, 0.2) is 0 Å². The molecule has 172 valence electrons. The molecule has 2 saturated heterocycles. The molecule has 2 aromatic rings. The van der Waals surface area contributed by atoms with E-state index >= 15 is 0 Å². The van der Waals surface area contributed by atoms with Crippen LogP contribution in [0.25, 0.3) is 11.1 Å². The molecule has 2 fully saturated rings. The summed E-state index contributed by atoms with van der Waals surface area (Å²) in [5.41, 5.74) is 2.23. The summed E-state index contributed by atoms with van der Waals surface area (Å²) in [7, 11) is 0. The number of nitrogens with zero attached hydrogens (tertiary/aromatic N) is 2. The number of hydrogen-bond acceptors (Lipinski definition) is 3. The molecule has 2 aromatic carbocycles. The SMILES string of the molecule is O=C(NCCCN1CCC(N2CCCCC2)CC1)c1ccc(-c2ccc(F)cc2Cl)cc1. The van der Waals surface area contributed by atoms with Gasteiger partial charge < -0.3 is 15.1 Å². The summed E-state index contributed by atoms with van der Waals surface area (Å²) >= 11 is 6.14. The third kappa shape index (κ3) is 6.09. The summed E-state index contributed by atoms with van der Waals surface area (Å²) in [6, 6.07) is 12.4. The molecule has 0 aliphatic carbocycles. The number of amides is 1. The van der Waals surface area contributed by atoms with Crippen LogP contribution < -0.4 is 5.32 Å². The van der Waals surface area contributed by atoms with E-state index in [4.69, 9.17) is 11.6 Å². The molecular formula is C26H33ClFN3O. The van der Waals surface area contributed by atoms with Gasteiger partial charge in [0.2, 0.25) is 0 Å². The van der Waals surface area contributed by atoms with Crippen molar-refractivity contribution in [1.82, 2.24) is 15.1 Å². The fourth-order valence-corrected chi connectivity index (χ4v) is 5.20. The molecule has 4 nitrogen and oxygen atoms in total. The highest BCUT2D eigenvalue weighted by Crippen LogP contribution is 2.28. The topological polar surface area (TPSA) is 35.6 Å². The zero-order chi connectivity index (χ0) is 22.3. The first-order valence-corrected chi connectivity index (χ1v) is 12.3. The summed E-state index contributed by atoms with van der Waals surface area (Å²) in [6.07, 6.45) is 7.63. The van der Waals surface area contributed by atoms with Crippen LogP contribution in [-0.4, -0.2) is 61.0 Å². The van der Waals surface area contributed by atoms with Crippen LogP contribution in [0.15, 0.2) is 42.5 Å². The zero-order valence-electron chi connectivity index (χ0n) is 18.7. The number of hydrogen-bond donors (Lipinski definition) is 1. The third-order valence-corrected chi connectivity index (χ3v) is 7.10. The van der Waals surface area contributed by atoms with E-state index in [1.165, 1.54) is 70.4 Å². The Kier molecular flexibility index (Phi) is 8.17. The monoisotopic (exact) mass is 457 g/mol. The van der Waals surface area contributed by atoms with Gasteiger partial charge in [-0.2, -0.15) is 0 Å². The predicted molar refractivity (Wildman–Crippen MR) is 129 cm³/mol. The van der Waals surface area contributed by atoms with Crippen molar-refractivity contribution in [2.45, 2.75) is 44.6 Å². The van der Waals surface area contributed by atoms with Gasteiger partial charge in [-0.05, 0) is 101 Å². The Morgan fingerprint density at radius 3 is 2.41 bits per heavy atom. The Bertz CT molecular complexity index is 890. The van der Waals surface area contributed by atoms with Crippen LogP contribution >= 0.6 is 11.6 Å². The maximum atomic E-state index is 13.3. The van der Waals surface area contributed by atoms with Gasteiger partial charge in [-0.25, -0.2) is 4.39 Å². The van der Waals surface area contributed by atoms with Crippen LogP contribution in [0.2, 0.25) is 5.02 Å². The minimum absolute atomic E-state index is 0.0643. The van der Waals surface area contributed by atoms with Crippen molar-refractivity contribution in [3.05, 3.63) is 58.9 Å². The average Bonchev–Trinajstić information content (AvgIpc) is 2.83. The second-order valence-electron chi connectivity index (χ2n) is 8.98. The second kappa shape index (κ2) is 11.3. The first-order valence-electron chi connectivity index (χ1n) is 11.9. The number of carbonyl (C=O) groups is 1. The Morgan fingerprint density at radius 1 is 1.00 bits per heavy atom. The molecule has 0 bridgehead atoms. The van der Waals surface area contributed by atoms with Crippen molar-refractivity contribution in [1.29, 1.82) is 0 Å². The lowest BCUT2D eigenvalue weighted by atomic mass is 10.00. The molecule has 0 spiro atoms. The Morgan fingerprint density at radius 2 is 1.72 bits per heavy atom. The van der Waals surface area contributed by atoms with E-state index in [0.717, 1.165) is 30.1 Å². The van der Waals surface area contributed by atoms with E-state index < -0.39 is 0 Å². The minimum atomic E-state index is -0.360. The van der Waals surface area contributed by atoms with Gasteiger partial charge in [0.05, 0.1) is 5.02 Å². The molecule has 1 amide bonds. The van der Waals surface area contributed by atoms with Gasteiger partial charge in [0, 0.05) is 23.7 Å². The largest absolute Gasteiger partial charge is 0.352 e. The molecule has 4 rings (SSSR count). The highest BCUT2D eigenvalue weighted by molar-refractivity contribution is 6.33. The quantitative estimate of drug-likeness (QED) is 0.579. The average molecular weight is 458 g/mol. The number of piperidine rings is 2. The van der Waals surface area contributed by atoms with Crippen LogP contribution in [0.3, 0.4) is 0 Å². The second-order valence-corrected chi connectivity index (χ2v) is 9.39. The first kappa shape index (κ1) is 23.2. The zero-order valence-corrected chi connectivity index (χ0v) is 19.4. The standard InChI is InChI=1S/C26H33ClFN3O/c27-25-19-22(28)9-10-24(25)20-5-7-21(8-6-20)26(32)29-13-4-14-30-17-11-23(12-18-30)31-15-2-1-3-16-31/h5-10,19,23H,1-4,11-18H2,(H,29,32).